The molecule has 4 heterocycles. The Morgan fingerprint density at radius 2 is 2.33 bits per heavy atom. The normalized spacial score (nSPS) is 17.3. The molecule has 1 N–H and O–H groups in total. The molecule has 3 aromatic heterocycles. The predicted molar refractivity (Wildman–Crippen MR) is 86.7 cm³/mol. The van der Waals surface area contributed by atoms with Gasteiger partial charge in [-0.05, 0) is 26.0 Å². The molecule has 1 atom stereocenters. The van der Waals surface area contributed by atoms with Crippen molar-refractivity contribution in [1.29, 1.82) is 5.26 Å². The summed E-state index contributed by atoms with van der Waals surface area (Å²) in [6.45, 7) is 3.94. The molecule has 1 aliphatic rings. The molecule has 0 aliphatic carbocycles. The molecule has 1 unspecified atom stereocenters. The summed E-state index contributed by atoms with van der Waals surface area (Å²) in [6, 6.07) is 4.35. The van der Waals surface area contributed by atoms with E-state index in [0.29, 0.717) is 22.9 Å². The highest BCUT2D eigenvalue weighted by atomic mass is 16.5. The smallest absolute Gasteiger partial charge is 0.146 e. The van der Waals surface area contributed by atoms with E-state index in [1.165, 1.54) is 6.20 Å². The van der Waals surface area contributed by atoms with Gasteiger partial charge in [0, 0.05) is 18.3 Å². The molecule has 0 saturated carbocycles. The Labute approximate surface area is 138 Å². The van der Waals surface area contributed by atoms with E-state index in [2.05, 4.69) is 26.8 Å². The van der Waals surface area contributed by atoms with E-state index in [-0.39, 0.29) is 0 Å². The minimum absolute atomic E-state index is 0.340. The first-order valence-corrected chi connectivity index (χ1v) is 7.81. The monoisotopic (exact) mass is 323 g/mol. The molecule has 0 radical (unpaired) electrons. The van der Waals surface area contributed by atoms with Crippen molar-refractivity contribution in [3.05, 3.63) is 29.7 Å². The summed E-state index contributed by atoms with van der Waals surface area (Å²) < 4.78 is 9.10. The van der Waals surface area contributed by atoms with E-state index in [1.54, 1.807) is 11.6 Å². The molecule has 1 aliphatic heterocycles. The average Bonchev–Trinajstić information content (AvgIpc) is 3.32. The minimum atomic E-state index is 0.340. The number of hydrogen-bond acceptors (Lipinski definition) is 6. The Balaban J connectivity index is 1.84. The average molecular weight is 323 g/mol. The number of rotatable bonds is 3. The van der Waals surface area contributed by atoms with Crippen LogP contribution in [0.5, 0.6) is 5.75 Å². The van der Waals surface area contributed by atoms with Crippen LogP contribution in [0.1, 0.15) is 23.7 Å². The van der Waals surface area contributed by atoms with Crippen LogP contribution in [0.2, 0.25) is 0 Å². The molecule has 4 rings (SSSR count). The Bertz CT molecular complexity index is 943. The molecular formula is C16H17N7O. The lowest BCUT2D eigenvalue weighted by atomic mass is 10.1. The standard InChI is InChI=1S/C16H17N7O/c1-10-15(20-21-23(10)13-3-4-18-8-13)11-5-14(24-2)16-12(6-17)7-19-22(16)9-11/h5,7,9,13,18H,3-4,8H2,1-2H3. The second-order valence-electron chi connectivity index (χ2n) is 5.88. The largest absolute Gasteiger partial charge is 0.494 e. The number of fused-ring (bicyclic) bond motifs is 1. The van der Waals surface area contributed by atoms with Crippen molar-refractivity contribution in [3.8, 4) is 23.1 Å². The van der Waals surface area contributed by atoms with Gasteiger partial charge < -0.3 is 10.1 Å². The maximum absolute atomic E-state index is 9.21. The fourth-order valence-electron chi connectivity index (χ4n) is 3.25. The van der Waals surface area contributed by atoms with Crippen molar-refractivity contribution in [2.75, 3.05) is 20.2 Å². The van der Waals surface area contributed by atoms with Crippen LogP contribution in [0.4, 0.5) is 0 Å². The van der Waals surface area contributed by atoms with Crippen LogP contribution in [0.25, 0.3) is 16.8 Å². The van der Waals surface area contributed by atoms with E-state index in [1.807, 2.05) is 23.9 Å². The highest BCUT2D eigenvalue weighted by Crippen LogP contribution is 2.31. The maximum Gasteiger partial charge on any atom is 0.146 e. The Morgan fingerprint density at radius 3 is 3.04 bits per heavy atom. The molecule has 122 valence electrons. The zero-order valence-corrected chi connectivity index (χ0v) is 13.5. The third kappa shape index (κ3) is 2.13. The van der Waals surface area contributed by atoms with Gasteiger partial charge in [-0.2, -0.15) is 10.4 Å². The molecule has 24 heavy (non-hydrogen) atoms. The quantitative estimate of drug-likeness (QED) is 0.781. The number of hydrogen-bond donors (Lipinski definition) is 1. The second-order valence-corrected chi connectivity index (χ2v) is 5.88. The number of nitrogens with zero attached hydrogens (tertiary/aromatic N) is 6. The topological polar surface area (TPSA) is 93.1 Å². The van der Waals surface area contributed by atoms with Crippen molar-refractivity contribution < 1.29 is 4.74 Å². The van der Waals surface area contributed by atoms with Gasteiger partial charge in [-0.15, -0.1) is 5.10 Å². The van der Waals surface area contributed by atoms with Crippen LogP contribution in [0.3, 0.4) is 0 Å². The lowest BCUT2D eigenvalue weighted by Gasteiger charge is -2.11. The number of methoxy groups -OCH3 is 1. The van der Waals surface area contributed by atoms with Gasteiger partial charge in [0.2, 0.25) is 0 Å². The summed E-state index contributed by atoms with van der Waals surface area (Å²) in [6.07, 6.45) is 4.44. The predicted octanol–water partition coefficient (Wildman–Crippen LogP) is 1.32. The SMILES string of the molecule is COc1cc(-c2nnn(C3CCNC3)c2C)cn2ncc(C#N)c12. The summed E-state index contributed by atoms with van der Waals surface area (Å²) in [4.78, 5) is 0. The van der Waals surface area contributed by atoms with E-state index >= 15 is 0 Å². The molecule has 0 aromatic carbocycles. The zero-order valence-electron chi connectivity index (χ0n) is 13.5. The van der Waals surface area contributed by atoms with Crippen molar-refractivity contribution in [2.45, 2.75) is 19.4 Å². The van der Waals surface area contributed by atoms with Gasteiger partial charge in [0.1, 0.15) is 28.6 Å². The fourth-order valence-corrected chi connectivity index (χ4v) is 3.25. The van der Waals surface area contributed by atoms with E-state index < -0.39 is 0 Å². The molecule has 0 spiro atoms. The number of pyridine rings is 1. The first kappa shape index (κ1) is 14.7. The first-order chi connectivity index (χ1) is 11.7. The van der Waals surface area contributed by atoms with Gasteiger partial charge in [-0.25, -0.2) is 9.20 Å². The zero-order chi connectivity index (χ0) is 16.7. The van der Waals surface area contributed by atoms with Crippen LogP contribution >= 0.6 is 0 Å². The molecular weight excluding hydrogens is 306 g/mol. The summed E-state index contributed by atoms with van der Waals surface area (Å²) in [7, 11) is 1.58. The summed E-state index contributed by atoms with van der Waals surface area (Å²) in [5, 5.41) is 25.5. The van der Waals surface area contributed by atoms with Crippen LogP contribution in [-0.4, -0.2) is 44.8 Å². The van der Waals surface area contributed by atoms with Gasteiger partial charge in [-0.3, -0.25) is 0 Å². The van der Waals surface area contributed by atoms with E-state index in [0.717, 1.165) is 36.5 Å². The highest BCUT2D eigenvalue weighted by Gasteiger charge is 2.22. The van der Waals surface area contributed by atoms with Gasteiger partial charge >= 0.3 is 0 Å². The van der Waals surface area contributed by atoms with Crippen LogP contribution in [0, 0.1) is 18.3 Å². The van der Waals surface area contributed by atoms with Gasteiger partial charge in [0.15, 0.2) is 0 Å². The van der Waals surface area contributed by atoms with Crippen LogP contribution < -0.4 is 10.1 Å². The van der Waals surface area contributed by atoms with Gasteiger partial charge in [-0.1, -0.05) is 5.21 Å². The molecule has 8 heteroatoms. The lowest BCUT2D eigenvalue weighted by molar-refractivity contribution is 0.417. The maximum atomic E-state index is 9.21. The van der Waals surface area contributed by atoms with Crippen molar-refractivity contribution in [2.24, 2.45) is 0 Å². The number of nitriles is 1. The third-order valence-corrected chi connectivity index (χ3v) is 4.50. The second kappa shape index (κ2) is 5.62. The Morgan fingerprint density at radius 1 is 1.46 bits per heavy atom. The van der Waals surface area contributed by atoms with E-state index in [4.69, 9.17) is 4.74 Å². The molecule has 0 amide bonds. The molecule has 8 nitrogen and oxygen atoms in total. The van der Waals surface area contributed by atoms with Crippen LogP contribution in [0.15, 0.2) is 18.5 Å². The minimum Gasteiger partial charge on any atom is -0.494 e. The van der Waals surface area contributed by atoms with Crippen molar-refractivity contribution in [1.82, 2.24) is 29.9 Å². The first-order valence-electron chi connectivity index (χ1n) is 7.81. The molecule has 3 aromatic rings. The van der Waals surface area contributed by atoms with Gasteiger partial charge in [0.25, 0.3) is 0 Å². The molecule has 1 saturated heterocycles. The third-order valence-electron chi connectivity index (χ3n) is 4.50. The Hall–Kier alpha value is -2.92. The van der Waals surface area contributed by atoms with Crippen molar-refractivity contribution >= 4 is 5.52 Å². The van der Waals surface area contributed by atoms with Crippen LogP contribution in [-0.2, 0) is 0 Å². The lowest BCUT2D eigenvalue weighted by Crippen LogP contribution is -2.15. The van der Waals surface area contributed by atoms with Gasteiger partial charge in [0.05, 0.1) is 25.0 Å². The highest BCUT2D eigenvalue weighted by molar-refractivity contribution is 5.74. The van der Waals surface area contributed by atoms with E-state index in [9.17, 15) is 5.26 Å². The fraction of sp³-hybridized carbons (Fsp3) is 0.375. The Kier molecular flexibility index (Phi) is 3.43. The van der Waals surface area contributed by atoms with Crippen molar-refractivity contribution in [3.63, 3.8) is 0 Å². The summed E-state index contributed by atoms with van der Waals surface area (Å²) >= 11 is 0. The number of aromatic nitrogens is 5. The molecule has 0 bridgehead atoms. The summed E-state index contributed by atoms with van der Waals surface area (Å²) in [5.74, 6) is 0.595. The number of ether oxygens (including phenoxy) is 1. The number of nitrogens with one attached hydrogen (secondary N) is 1. The summed E-state index contributed by atoms with van der Waals surface area (Å²) in [5.41, 5.74) is 3.82. The molecule has 1 fully saturated rings.